The molecule has 0 N–H and O–H groups in total. The van der Waals surface area contributed by atoms with Gasteiger partial charge in [-0.1, -0.05) is 22.9 Å². The van der Waals surface area contributed by atoms with Crippen LogP contribution in [0.4, 0.5) is 5.69 Å². The maximum absolute atomic E-state index is 9.15. The molecule has 1 aromatic rings. The van der Waals surface area contributed by atoms with Crippen molar-refractivity contribution in [3.05, 3.63) is 28.2 Å². The van der Waals surface area contributed by atoms with Gasteiger partial charge in [-0.05, 0) is 30.9 Å². The lowest BCUT2D eigenvalue weighted by Crippen LogP contribution is -2.33. The molecule has 0 aliphatic heterocycles. The molecule has 0 aliphatic carbocycles. The predicted octanol–water partition coefficient (Wildman–Crippen LogP) is 3.90. The Bertz CT molecular complexity index is 414. The van der Waals surface area contributed by atoms with Gasteiger partial charge in [0.15, 0.2) is 0 Å². The summed E-state index contributed by atoms with van der Waals surface area (Å²) in [6.45, 7) is 2.18. The van der Waals surface area contributed by atoms with Crippen LogP contribution in [0.15, 0.2) is 22.7 Å². The summed E-state index contributed by atoms with van der Waals surface area (Å²) >= 11 is 5.30. The molecule has 17 heavy (non-hydrogen) atoms. The smallest absolute Gasteiger partial charge is 0.101 e. The number of nitriles is 1. The molecule has 0 bridgehead atoms. The van der Waals surface area contributed by atoms with Gasteiger partial charge >= 0.3 is 0 Å². The van der Waals surface area contributed by atoms with E-state index in [0.717, 1.165) is 27.9 Å². The summed E-state index contributed by atoms with van der Waals surface area (Å²) in [5.41, 5.74) is 1.73. The third-order valence-corrected chi connectivity index (χ3v) is 4.05. The number of hydrogen-bond donors (Lipinski definition) is 0. The van der Waals surface area contributed by atoms with Crippen molar-refractivity contribution in [2.24, 2.45) is 0 Å². The molecule has 0 aliphatic rings. The molecule has 0 heterocycles. The number of hydrogen-bond acceptors (Lipinski definition) is 3. The fourth-order valence-corrected chi connectivity index (χ4v) is 2.98. The zero-order valence-corrected chi connectivity index (χ0v) is 12.8. The lowest BCUT2D eigenvalue weighted by Gasteiger charge is -2.29. The topological polar surface area (TPSA) is 27.0 Å². The van der Waals surface area contributed by atoms with Gasteiger partial charge in [-0.3, -0.25) is 0 Å². The first-order valence-corrected chi connectivity index (χ1v) is 7.74. The summed E-state index contributed by atoms with van der Waals surface area (Å²) in [6, 6.07) is 8.51. The van der Waals surface area contributed by atoms with Crippen LogP contribution in [-0.4, -0.2) is 25.1 Å². The number of rotatable bonds is 5. The van der Waals surface area contributed by atoms with E-state index in [4.69, 9.17) is 5.26 Å². The standard InChI is InChI=1S/C13H17BrN2S/c1-4-12(9-17-3)16(2)13-7-11(14)6-5-10(13)8-15/h5-7,12H,4,9H2,1-3H3. The Morgan fingerprint density at radius 3 is 2.76 bits per heavy atom. The van der Waals surface area contributed by atoms with Crippen molar-refractivity contribution in [1.29, 1.82) is 5.26 Å². The van der Waals surface area contributed by atoms with Crippen molar-refractivity contribution in [3.63, 3.8) is 0 Å². The molecule has 1 rings (SSSR count). The molecule has 92 valence electrons. The van der Waals surface area contributed by atoms with Crippen molar-refractivity contribution in [2.75, 3.05) is 24.0 Å². The molecular weight excluding hydrogens is 296 g/mol. The summed E-state index contributed by atoms with van der Waals surface area (Å²) < 4.78 is 1.01. The molecule has 0 saturated carbocycles. The van der Waals surface area contributed by atoms with Crippen molar-refractivity contribution in [1.82, 2.24) is 0 Å². The van der Waals surface area contributed by atoms with E-state index in [1.54, 1.807) is 0 Å². The molecular formula is C13H17BrN2S. The van der Waals surface area contributed by atoms with Crippen molar-refractivity contribution in [3.8, 4) is 6.07 Å². The number of benzene rings is 1. The van der Waals surface area contributed by atoms with Gasteiger partial charge in [0.1, 0.15) is 6.07 Å². The lowest BCUT2D eigenvalue weighted by molar-refractivity contribution is 0.672. The molecule has 0 saturated heterocycles. The van der Waals surface area contributed by atoms with Crippen LogP contribution in [0.25, 0.3) is 0 Å². The average molecular weight is 313 g/mol. The zero-order valence-electron chi connectivity index (χ0n) is 10.4. The van der Waals surface area contributed by atoms with Crippen molar-refractivity contribution >= 4 is 33.4 Å². The van der Waals surface area contributed by atoms with Gasteiger partial charge < -0.3 is 4.90 Å². The molecule has 0 spiro atoms. The molecule has 4 heteroatoms. The second-order valence-electron chi connectivity index (χ2n) is 3.90. The monoisotopic (exact) mass is 312 g/mol. The highest BCUT2D eigenvalue weighted by atomic mass is 79.9. The number of thioether (sulfide) groups is 1. The Kier molecular flexibility index (Phi) is 5.87. The Balaban J connectivity index is 3.05. The van der Waals surface area contributed by atoms with E-state index in [1.165, 1.54) is 0 Å². The van der Waals surface area contributed by atoms with Crippen LogP contribution in [0.5, 0.6) is 0 Å². The molecule has 2 nitrogen and oxygen atoms in total. The largest absolute Gasteiger partial charge is 0.370 e. The summed E-state index contributed by atoms with van der Waals surface area (Å²) in [5, 5.41) is 9.15. The van der Waals surface area contributed by atoms with E-state index in [1.807, 2.05) is 30.0 Å². The first kappa shape index (κ1) is 14.4. The van der Waals surface area contributed by atoms with Crippen LogP contribution in [0.1, 0.15) is 18.9 Å². The van der Waals surface area contributed by atoms with E-state index in [0.29, 0.717) is 6.04 Å². The van der Waals surface area contributed by atoms with Crippen LogP contribution in [0.2, 0.25) is 0 Å². The third-order valence-electron chi connectivity index (χ3n) is 2.84. The maximum atomic E-state index is 9.15. The molecule has 0 amide bonds. The predicted molar refractivity (Wildman–Crippen MR) is 79.7 cm³/mol. The fraction of sp³-hybridized carbons (Fsp3) is 0.462. The summed E-state index contributed by atoms with van der Waals surface area (Å²) in [6.07, 6.45) is 3.19. The van der Waals surface area contributed by atoms with Crippen LogP contribution >= 0.6 is 27.7 Å². The van der Waals surface area contributed by atoms with E-state index >= 15 is 0 Å². The molecule has 0 fully saturated rings. The quantitative estimate of drug-likeness (QED) is 0.825. The van der Waals surface area contributed by atoms with Gasteiger partial charge in [0.2, 0.25) is 0 Å². The normalized spacial score (nSPS) is 11.9. The van der Waals surface area contributed by atoms with Crippen LogP contribution in [-0.2, 0) is 0 Å². The highest BCUT2D eigenvalue weighted by Gasteiger charge is 2.16. The minimum Gasteiger partial charge on any atom is -0.370 e. The van der Waals surface area contributed by atoms with Crippen molar-refractivity contribution in [2.45, 2.75) is 19.4 Å². The van der Waals surface area contributed by atoms with Crippen molar-refractivity contribution < 1.29 is 0 Å². The zero-order chi connectivity index (χ0) is 12.8. The van der Waals surface area contributed by atoms with E-state index in [-0.39, 0.29) is 0 Å². The molecule has 0 aromatic heterocycles. The number of anilines is 1. The van der Waals surface area contributed by atoms with E-state index in [9.17, 15) is 0 Å². The molecule has 1 atom stereocenters. The summed E-state index contributed by atoms with van der Waals surface area (Å²) in [5.74, 6) is 1.07. The average Bonchev–Trinajstić information content (AvgIpc) is 2.35. The highest BCUT2D eigenvalue weighted by Crippen LogP contribution is 2.26. The van der Waals surface area contributed by atoms with Gasteiger partial charge in [-0.2, -0.15) is 17.0 Å². The Morgan fingerprint density at radius 1 is 1.53 bits per heavy atom. The Hall–Kier alpha value is -0.660. The Labute approximate surface area is 116 Å². The van der Waals surface area contributed by atoms with E-state index in [2.05, 4.69) is 47.1 Å². The number of halogens is 1. The SMILES string of the molecule is CCC(CSC)N(C)c1cc(Br)ccc1C#N. The van der Waals surface area contributed by atoms with Gasteiger partial charge in [0.25, 0.3) is 0 Å². The second kappa shape index (κ2) is 6.93. The van der Waals surface area contributed by atoms with Gasteiger partial charge in [0, 0.05) is 23.3 Å². The van der Waals surface area contributed by atoms with Crippen LogP contribution < -0.4 is 4.90 Å². The highest BCUT2D eigenvalue weighted by molar-refractivity contribution is 9.10. The molecule has 0 radical (unpaired) electrons. The molecule has 1 aromatic carbocycles. The summed E-state index contributed by atoms with van der Waals surface area (Å²) in [4.78, 5) is 2.21. The van der Waals surface area contributed by atoms with Gasteiger partial charge in [0.05, 0.1) is 11.3 Å². The van der Waals surface area contributed by atoms with Gasteiger partial charge in [-0.15, -0.1) is 0 Å². The first-order valence-electron chi connectivity index (χ1n) is 5.55. The maximum Gasteiger partial charge on any atom is 0.101 e. The number of nitrogens with zero attached hydrogens (tertiary/aromatic N) is 2. The molecule has 1 unspecified atom stereocenters. The van der Waals surface area contributed by atoms with E-state index < -0.39 is 0 Å². The summed E-state index contributed by atoms with van der Waals surface area (Å²) in [7, 11) is 2.06. The lowest BCUT2D eigenvalue weighted by atomic mass is 10.1. The van der Waals surface area contributed by atoms with Crippen LogP contribution in [0, 0.1) is 11.3 Å². The minimum atomic E-state index is 0.464. The fourth-order valence-electron chi connectivity index (χ4n) is 1.78. The van der Waals surface area contributed by atoms with Gasteiger partial charge in [-0.25, -0.2) is 0 Å². The second-order valence-corrected chi connectivity index (χ2v) is 5.73. The minimum absolute atomic E-state index is 0.464. The first-order chi connectivity index (χ1) is 8.13. The third kappa shape index (κ3) is 3.65. The van der Waals surface area contributed by atoms with Crippen LogP contribution in [0.3, 0.4) is 0 Å². The Morgan fingerprint density at radius 2 is 2.24 bits per heavy atom.